The van der Waals surface area contributed by atoms with Crippen molar-refractivity contribution in [2.45, 2.75) is 86.3 Å². The Hall–Kier alpha value is -3.67. The van der Waals surface area contributed by atoms with E-state index in [1.54, 1.807) is 0 Å². The standard InChI is InChI=1S/C32H39N3O3/c1-7-10-25-17-23(19-35-27(9-3)34-28-21(5)16-22(6)33-31(28)35)18-26(11-8-2)29(25)38-30(32(36)37)24-14-12-20(4)13-15-24/h12-18,30H,7-11,19H2,1-6H3,(H,36,37). The first-order valence-corrected chi connectivity index (χ1v) is 13.7. The molecule has 0 aliphatic heterocycles. The van der Waals surface area contributed by atoms with E-state index in [1.807, 2.05) is 38.1 Å². The van der Waals surface area contributed by atoms with Gasteiger partial charge in [0.15, 0.2) is 5.65 Å². The summed E-state index contributed by atoms with van der Waals surface area (Å²) in [6.07, 6.45) is 3.23. The van der Waals surface area contributed by atoms with Crippen LogP contribution in [0.2, 0.25) is 0 Å². The van der Waals surface area contributed by atoms with Gasteiger partial charge in [0.2, 0.25) is 6.10 Å². The SMILES string of the molecule is CCCc1cc(Cn2c(CC)nc3c(C)cc(C)nc32)cc(CCC)c1OC(C(=O)O)c1ccc(C)cc1. The fraction of sp³-hybridized carbons (Fsp3) is 0.406. The Labute approximate surface area is 225 Å². The smallest absolute Gasteiger partial charge is 0.349 e. The molecule has 0 aliphatic rings. The number of fused-ring (bicyclic) bond motifs is 1. The van der Waals surface area contributed by atoms with Gasteiger partial charge in [-0.2, -0.15) is 0 Å². The van der Waals surface area contributed by atoms with Gasteiger partial charge in [0.05, 0.1) is 6.54 Å². The summed E-state index contributed by atoms with van der Waals surface area (Å²) in [4.78, 5) is 22.1. The van der Waals surface area contributed by atoms with Crippen LogP contribution in [0.5, 0.6) is 5.75 Å². The maximum Gasteiger partial charge on any atom is 0.349 e. The molecule has 38 heavy (non-hydrogen) atoms. The number of hydrogen-bond acceptors (Lipinski definition) is 4. The lowest BCUT2D eigenvalue weighted by Gasteiger charge is -2.22. The van der Waals surface area contributed by atoms with Gasteiger partial charge in [-0.3, -0.25) is 0 Å². The van der Waals surface area contributed by atoms with Crippen molar-refractivity contribution in [2.75, 3.05) is 0 Å². The van der Waals surface area contributed by atoms with Gasteiger partial charge in [-0.1, -0.05) is 75.6 Å². The van der Waals surface area contributed by atoms with Crippen LogP contribution < -0.4 is 4.74 Å². The van der Waals surface area contributed by atoms with E-state index in [0.29, 0.717) is 17.9 Å². The van der Waals surface area contributed by atoms with Crippen LogP contribution >= 0.6 is 0 Å². The Morgan fingerprint density at radius 2 is 1.58 bits per heavy atom. The minimum atomic E-state index is -1.06. The number of carbonyl (C=O) groups is 1. The number of rotatable bonds is 11. The molecule has 200 valence electrons. The van der Waals surface area contributed by atoms with Crippen molar-refractivity contribution in [3.63, 3.8) is 0 Å². The fourth-order valence-corrected chi connectivity index (χ4v) is 5.17. The van der Waals surface area contributed by atoms with E-state index in [2.05, 4.69) is 50.5 Å². The summed E-state index contributed by atoms with van der Waals surface area (Å²) >= 11 is 0. The largest absolute Gasteiger partial charge is 0.478 e. The molecule has 2 aromatic heterocycles. The summed E-state index contributed by atoms with van der Waals surface area (Å²) < 4.78 is 8.60. The van der Waals surface area contributed by atoms with Gasteiger partial charge < -0.3 is 14.4 Å². The van der Waals surface area contributed by atoms with Gasteiger partial charge in [-0.25, -0.2) is 14.8 Å². The van der Waals surface area contributed by atoms with E-state index in [4.69, 9.17) is 14.7 Å². The highest BCUT2D eigenvalue weighted by Gasteiger charge is 2.25. The number of nitrogens with zero attached hydrogens (tertiary/aromatic N) is 3. The molecule has 0 amide bonds. The van der Waals surface area contributed by atoms with Crippen molar-refractivity contribution in [2.24, 2.45) is 0 Å². The van der Waals surface area contributed by atoms with Crippen LogP contribution in [0.3, 0.4) is 0 Å². The second-order valence-electron chi connectivity index (χ2n) is 10.2. The van der Waals surface area contributed by atoms with E-state index in [9.17, 15) is 9.90 Å². The summed E-state index contributed by atoms with van der Waals surface area (Å²) in [6, 6.07) is 14.0. The van der Waals surface area contributed by atoms with E-state index < -0.39 is 12.1 Å². The average Bonchev–Trinajstić information content (AvgIpc) is 3.22. The van der Waals surface area contributed by atoms with Crippen molar-refractivity contribution in [1.82, 2.24) is 14.5 Å². The molecule has 6 heteroatoms. The van der Waals surface area contributed by atoms with Gasteiger partial charge in [0, 0.05) is 17.7 Å². The molecule has 4 rings (SSSR count). The molecule has 0 saturated heterocycles. The molecule has 1 unspecified atom stereocenters. The first-order valence-electron chi connectivity index (χ1n) is 13.7. The third-order valence-corrected chi connectivity index (χ3v) is 6.94. The zero-order valence-electron chi connectivity index (χ0n) is 23.5. The molecule has 4 aromatic rings. The Kier molecular flexibility index (Phi) is 8.50. The molecular formula is C32H39N3O3. The van der Waals surface area contributed by atoms with Crippen LogP contribution in [0.25, 0.3) is 11.2 Å². The first-order chi connectivity index (χ1) is 18.2. The molecule has 0 spiro atoms. The monoisotopic (exact) mass is 513 g/mol. The van der Waals surface area contributed by atoms with E-state index in [1.165, 1.54) is 0 Å². The lowest BCUT2D eigenvalue weighted by Crippen LogP contribution is -2.20. The number of hydrogen-bond donors (Lipinski definition) is 1. The molecule has 0 radical (unpaired) electrons. The molecular weight excluding hydrogens is 474 g/mol. The molecule has 1 N–H and O–H groups in total. The van der Waals surface area contributed by atoms with Gasteiger partial charge >= 0.3 is 5.97 Å². The Morgan fingerprint density at radius 1 is 0.947 bits per heavy atom. The van der Waals surface area contributed by atoms with Gasteiger partial charge in [-0.15, -0.1) is 0 Å². The normalized spacial score (nSPS) is 12.2. The third-order valence-electron chi connectivity index (χ3n) is 6.94. The first kappa shape index (κ1) is 27.4. The lowest BCUT2D eigenvalue weighted by molar-refractivity contribution is -0.145. The van der Waals surface area contributed by atoms with Crippen molar-refractivity contribution < 1.29 is 14.6 Å². The lowest BCUT2D eigenvalue weighted by atomic mass is 9.97. The van der Waals surface area contributed by atoms with Crippen LogP contribution in [0.15, 0.2) is 42.5 Å². The summed E-state index contributed by atoms with van der Waals surface area (Å²) in [5.74, 6) is 0.736. The van der Waals surface area contributed by atoms with Gasteiger partial charge in [-0.05, 0) is 61.9 Å². The topological polar surface area (TPSA) is 77.2 Å². The molecule has 0 aliphatic carbocycles. The molecule has 0 fully saturated rings. The summed E-state index contributed by atoms with van der Waals surface area (Å²) in [7, 11) is 0. The molecule has 6 nitrogen and oxygen atoms in total. The predicted molar refractivity (Wildman–Crippen MR) is 152 cm³/mol. The summed E-state index contributed by atoms with van der Waals surface area (Å²) in [6.45, 7) is 13.2. The van der Waals surface area contributed by atoms with Gasteiger partial charge in [0.25, 0.3) is 0 Å². The van der Waals surface area contributed by atoms with Crippen LogP contribution in [-0.2, 0) is 30.6 Å². The number of ether oxygens (including phenoxy) is 1. The fourth-order valence-electron chi connectivity index (χ4n) is 5.17. The minimum absolute atomic E-state index is 0.645. The predicted octanol–water partition coefficient (Wildman–Crippen LogP) is 7.08. The zero-order chi connectivity index (χ0) is 27.4. The van der Waals surface area contributed by atoms with Crippen molar-refractivity contribution in [3.05, 3.63) is 87.4 Å². The number of pyridine rings is 1. The number of carboxylic acid groups (broad SMARTS) is 1. The zero-order valence-corrected chi connectivity index (χ0v) is 23.5. The third kappa shape index (κ3) is 5.74. The quantitative estimate of drug-likeness (QED) is 0.232. The van der Waals surface area contributed by atoms with Crippen LogP contribution in [0.4, 0.5) is 0 Å². The number of aliphatic carboxylic acids is 1. The average molecular weight is 514 g/mol. The number of carboxylic acids is 1. The molecule has 1 atom stereocenters. The maximum atomic E-state index is 12.3. The molecule has 0 bridgehead atoms. The highest BCUT2D eigenvalue weighted by molar-refractivity contribution is 5.76. The molecule has 0 saturated carbocycles. The van der Waals surface area contributed by atoms with Crippen LogP contribution in [-0.4, -0.2) is 25.6 Å². The Bertz CT molecular complexity index is 1410. The highest BCUT2D eigenvalue weighted by atomic mass is 16.5. The van der Waals surface area contributed by atoms with Crippen LogP contribution in [0, 0.1) is 20.8 Å². The number of benzene rings is 2. The van der Waals surface area contributed by atoms with Crippen LogP contribution in [0.1, 0.15) is 84.6 Å². The second kappa shape index (κ2) is 11.8. The Morgan fingerprint density at radius 3 is 2.13 bits per heavy atom. The maximum absolute atomic E-state index is 12.3. The Balaban J connectivity index is 1.80. The number of aromatic nitrogens is 3. The van der Waals surface area contributed by atoms with Crippen molar-refractivity contribution in [3.8, 4) is 5.75 Å². The number of aryl methyl sites for hydroxylation is 6. The number of imidazole rings is 1. The van der Waals surface area contributed by atoms with E-state index in [-0.39, 0.29) is 0 Å². The summed E-state index contributed by atoms with van der Waals surface area (Å²) in [5, 5.41) is 10.1. The van der Waals surface area contributed by atoms with Crippen molar-refractivity contribution >= 4 is 17.1 Å². The van der Waals surface area contributed by atoms with Crippen molar-refractivity contribution in [1.29, 1.82) is 0 Å². The van der Waals surface area contributed by atoms with E-state index >= 15 is 0 Å². The summed E-state index contributed by atoms with van der Waals surface area (Å²) in [5.41, 5.74) is 8.97. The second-order valence-corrected chi connectivity index (χ2v) is 10.2. The van der Waals surface area contributed by atoms with E-state index in [0.717, 1.165) is 82.6 Å². The van der Waals surface area contributed by atoms with Gasteiger partial charge in [0.1, 0.15) is 17.1 Å². The molecule has 2 heterocycles. The molecule has 2 aromatic carbocycles. The minimum Gasteiger partial charge on any atom is -0.478 e. The highest BCUT2D eigenvalue weighted by Crippen LogP contribution is 2.34.